The molecule has 3 aliphatic rings. The minimum absolute atomic E-state index is 0.422. The molecule has 0 saturated carbocycles. The standard InChI is InChI=1S/C49H37BN2O4/c1-7-21-36(22-8-1)46-48(38-25-11-3-12-26-38,39-27-13-4-14-28-39)51-44(53-46)35-45-52(50-55-42-33-19-20-34-43(42)56-50)49(40-29-15-5-16-30-40,41-31-17-6-18-32-41)47(54-45)37-23-9-2-10-24-37/h1-35,46-47H/b45-35-/t46-,47-/m0/s1. The molecule has 0 aliphatic carbocycles. The Labute approximate surface area is 327 Å². The van der Waals surface area contributed by atoms with Crippen molar-refractivity contribution in [2.24, 2.45) is 4.99 Å². The number of para-hydroxylation sites is 2. The van der Waals surface area contributed by atoms with Crippen LogP contribution >= 0.6 is 0 Å². The molecule has 1 fully saturated rings. The normalized spacial score (nSPS) is 19.6. The van der Waals surface area contributed by atoms with E-state index < -0.39 is 30.5 Å². The minimum atomic E-state index is -0.976. The number of aliphatic imine (C=N–C) groups is 1. The maximum Gasteiger partial charge on any atom is 0.742 e. The highest BCUT2D eigenvalue weighted by atomic mass is 16.7. The second-order valence-electron chi connectivity index (χ2n) is 14.1. The zero-order chi connectivity index (χ0) is 37.4. The highest BCUT2D eigenvalue weighted by Crippen LogP contribution is 2.58. The summed E-state index contributed by atoms with van der Waals surface area (Å²) in [5.41, 5.74) is 4.15. The van der Waals surface area contributed by atoms with Gasteiger partial charge in [-0.25, -0.2) is 4.99 Å². The Balaban J connectivity index is 1.23. The fraction of sp³-hybridized carbons (Fsp3) is 0.0816. The summed E-state index contributed by atoms with van der Waals surface area (Å²) in [6.07, 6.45) is 0.884. The number of hydrogen-bond acceptors (Lipinski definition) is 6. The van der Waals surface area contributed by atoms with Crippen molar-refractivity contribution in [3.8, 4) is 11.5 Å². The van der Waals surface area contributed by atoms with Crippen LogP contribution in [0.15, 0.2) is 223 Å². The van der Waals surface area contributed by atoms with Gasteiger partial charge in [0.05, 0.1) is 6.08 Å². The Hall–Kier alpha value is -6.99. The monoisotopic (exact) mass is 728 g/mol. The van der Waals surface area contributed by atoms with Gasteiger partial charge < -0.3 is 18.8 Å². The smallest absolute Gasteiger partial charge is 0.504 e. The highest BCUT2D eigenvalue weighted by Gasteiger charge is 2.63. The molecular formula is C49H37BN2O4. The zero-order valence-electron chi connectivity index (χ0n) is 30.5. The predicted molar refractivity (Wildman–Crippen MR) is 219 cm³/mol. The molecule has 7 heteroatoms. The molecule has 0 bridgehead atoms. The molecule has 0 unspecified atom stereocenters. The van der Waals surface area contributed by atoms with Gasteiger partial charge in [0, 0.05) is 0 Å². The topological polar surface area (TPSA) is 52.5 Å². The van der Waals surface area contributed by atoms with E-state index in [1.54, 1.807) is 0 Å². The maximum atomic E-state index is 7.34. The molecule has 3 aliphatic heterocycles. The van der Waals surface area contributed by atoms with Gasteiger partial charge in [-0.3, -0.25) is 4.81 Å². The Morgan fingerprint density at radius 3 is 1.30 bits per heavy atom. The van der Waals surface area contributed by atoms with Gasteiger partial charge in [-0.15, -0.1) is 0 Å². The molecule has 0 spiro atoms. The van der Waals surface area contributed by atoms with Crippen LogP contribution in [0.25, 0.3) is 0 Å². The Kier molecular flexibility index (Phi) is 8.40. The van der Waals surface area contributed by atoms with Crippen molar-refractivity contribution in [1.82, 2.24) is 4.81 Å². The summed E-state index contributed by atoms with van der Waals surface area (Å²) in [4.78, 5) is 7.73. The molecule has 10 rings (SSSR count). The third-order valence-corrected chi connectivity index (χ3v) is 11.0. The van der Waals surface area contributed by atoms with Crippen LogP contribution in [0.4, 0.5) is 0 Å². The summed E-state index contributed by atoms with van der Waals surface area (Å²) in [6.45, 7) is 0. The van der Waals surface area contributed by atoms with Gasteiger partial charge in [-0.1, -0.05) is 194 Å². The summed E-state index contributed by atoms with van der Waals surface area (Å²) in [6, 6.07) is 70.2. The maximum absolute atomic E-state index is 7.34. The summed E-state index contributed by atoms with van der Waals surface area (Å²) in [7, 11) is -0.910. The largest absolute Gasteiger partial charge is 0.742 e. The molecular weight excluding hydrogens is 691 g/mol. The number of rotatable bonds is 8. The lowest BCUT2D eigenvalue weighted by Crippen LogP contribution is -2.56. The van der Waals surface area contributed by atoms with Gasteiger partial charge in [0.2, 0.25) is 5.90 Å². The lowest BCUT2D eigenvalue weighted by Gasteiger charge is -2.41. The van der Waals surface area contributed by atoms with Gasteiger partial charge in [0.1, 0.15) is 17.0 Å². The van der Waals surface area contributed by atoms with Crippen molar-refractivity contribution >= 4 is 13.2 Å². The number of nitrogens with zero attached hydrogens (tertiary/aromatic N) is 2. The quantitative estimate of drug-likeness (QED) is 0.146. The summed E-state index contributed by atoms with van der Waals surface area (Å²) in [5.74, 6) is 2.22. The van der Waals surface area contributed by atoms with Crippen LogP contribution in [0.5, 0.6) is 11.5 Å². The molecule has 0 amide bonds. The van der Waals surface area contributed by atoms with Crippen LogP contribution in [0.3, 0.4) is 0 Å². The Morgan fingerprint density at radius 2 is 0.839 bits per heavy atom. The molecule has 3 heterocycles. The molecule has 1 saturated heterocycles. The molecule has 6 nitrogen and oxygen atoms in total. The second kappa shape index (κ2) is 14.0. The molecule has 2 atom stereocenters. The van der Waals surface area contributed by atoms with Crippen molar-refractivity contribution in [3.63, 3.8) is 0 Å². The number of ether oxygens (including phenoxy) is 2. The number of hydrogen-bond donors (Lipinski definition) is 0. The first kappa shape index (κ1) is 33.6. The van der Waals surface area contributed by atoms with E-state index in [0.29, 0.717) is 23.3 Å². The zero-order valence-corrected chi connectivity index (χ0v) is 30.5. The molecule has 56 heavy (non-hydrogen) atoms. The summed E-state index contributed by atoms with van der Waals surface area (Å²) in [5, 5.41) is 0. The minimum Gasteiger partial charge on any atom is -0.504 e. The molecule has 0 N–H and O–H groups in total. The van der Waals surface area contributed by atoms with E-state index in [1.807, 2.05) is 91.0 Å². The van der Waals surface area contributed by atoms with Crippen LogP contribution in [0.2, 0.25) is 0 Å². The lowest BCUT2D eigenvalue weighted by atomic mass is 9.72. The van der Waals surface area contributed by atoms with Gasteiger partial charge in [-0.05, 0) is 45.5 Å². The van der Waals surface area contributed by atoms with E-state index in [1.165, 1.54) is 0 Å². The third kappa shape index (κ3) is 5.46. The van der Waals surface area contributed by atoms with E-state index in [0.717, 1.165) is 33.4 Å². The summed E-state index contributed by atoms with van der Waals surface area (Å²) >= 11 is 0. The fourth-order valence-corrected chi connectivity index (χ4v) is 8.55. The van der Waals surface area contributed by atoms with Crippen LogP contribution in [-0.2, 0) is 20.6 Å². The van der Waals surface area contributed by atoms with Crippen molar-refractivity contribution < 1.29 is 18.8 Å². The molecule has 7 aromatic rings. The van der Waals surface area contributed by atoms with Crippen molar-refractivity contribution in [1.29, 1.82) is 0 Å². The molecule has 7 aromatic carbocycles. The Bertz CT molecular complexity index is 2400. The Morgan fingerprint density at radius 1 is 0.446 bits per heavy atom. The van der Waals surface area contributed by atoms with Crippen molar-refractivity contribution in [2.75, 3.05) is 0 Å². The number of benzene rings is 7. The van der Waals surface area contributed by atoms with Gasteiger partial charge in [0.15, 0.2) is 23.6 Å². The van der Waals surface area contributed by atoms with Crippen LogP contribution < -0.4 is 9.31 Å². The first-order valence-corrected chi connectivity index (χ1v) is 18.9. The summed E-state index contributed by atoms with van der Waals surface area (Å²) < 4.78 is 27.9. The van der Waals surface area contributed by atoms with Crippen molar-refractivity contribution in [2.45, 2.75) is 23.3 Å². The molecule has 0 aromatic heterocycles. The lowest BCUT2D eigenvalue weighted by molar-refractivity contribution is 0.123. The first-order valence-electron chi connectivity index (χ1n) is 18.9. The molecule has 270 valence electrons. The van der Waals surface area contributed by atoms with E-state index in [4.69, 9.17) is 23.8 Å². The average Bonchev–Trinajstić information content (AvgIpc) is 3.98. The van der Waals surface area contributed by atoms with Crippen molar-refractivity contribution in [3.05, 3.63) is 252 Å². The SMILES string of the molecule is C(/C1=NC(c2ccccc2)(c2ccccc2)[C@H](c2ccccc2)O1)=C1/O[C@@H](c2ccccc2)C(c2ccccc2)(c2ccccc2)N1B1Oc2ccccc2O1. The number of fused-ring (bicyclic) bond motifs is 1. The van der Waals surface area contributed by atoms with E-state index >= 15 is 0 Å². The first-order chi connectivity index (χ1) is 27.7. The van der Waals surface area contributed by atoms with Crippen LogP contribution in [0, 0.1) is 0 Å². The van der Waals surface area contributed by atoms with Gasteiger partial charge in [-0.2, -0.15) is 0 Å². The third-order valence-electron chi connectivity index (χ3n) is 11.0. The van der Waals surface area contributed by atoms with E-state index in [2.05, 4.69) is 126 Å². The average molecular weight is 729 g/mol. The van der Waals surface area contributed by atoms with Gasteiger partial charge >= 0.3 is 7.25 Å². The van der Waals surface area contributed by atoms with Gasteiger partial charge in [0.25, 0.3) is 0 Å². The second-order valence-corrected chi connectivity index (χ2v) is 14.1. The van der Waals surface area contributed by atoms with Crippen LogP contribution in [0.1, 0.15) is 45.6 Å². The fourth-order valence-electron chi connectivity index (χ4n) is 8.55. The van der Waals surface area contributed by atoms with Crippen LogP contribution in [-0.4, -0.2) is 18.0 Å². The molecule has 0 radical (unpaired) electrons. The highest BCUT2D eigenvalue weighted by molar-refractivity contribution is 6.45. The predicted octanol–water partition coefficient (Wildman–Crippen LogP) is 10.4. The van der Waals surface area contributed by atoms with E-state index in [-0.39, 0.29) is 0 Å². The van der Waals surface area contributed by atoms with E-state index in [9.17, 15) is 0 Å².